The minimum Gasteiger partial charge on any atom is -0.360 e. The van der Waals surface area contributed by atoms with Gasteiger partial charge in [-0.15, -0.1) is 0 Å². The summed E-state index contributed by atoms with van der Waals surface area (Å²) < 4.78 is 0. The molecule has 0 spiro atoms. The number of fused-ring (bicyclic) bond motifs is 1. The van der Waals surface area contributed by atoms with Crippen LogP contribution in [0.1, 0.15) is 18.5 Å². The molecule has 0 saturated carbocycles. The molecule has 0 radical (unpaired) electrons. The number of halogens is 1. The van der Waals surface area contributed by atoms with E-state index < -0.39 is 0 Å². The number of hydrogen-bond donors (Lipinski definition) is 2. The molecule has 2 N–H and O–H groups in total. The quantitative estimate of drug-likeness (QED) is 0.873. The lowest BCUT2D eigenvalue weighted by Gasteiger charge is -2.32. The zero-order valence-corrected chi connectivity index (χ0v) is 11.3. The van der Waals surface area contributed by atoms with Crippen LogP contribution >= 0.6 is 11.6 Å². The van der Waals surface area contributed by atoms with Gasteiger partial charge in [-0.05, 0) is 18.6 Å². The summed E-state index contributed by atoms with van der Waals surface area (Å²) in [6.07, 6.45) is 2.10. The Bertz CT molecular complexity index is 543. The molecule has 1 unspecified atom stereocenters. The molecule has 1 aliphatic rings. The molecule has 0 aliphatic carbocycles. The third-order valence-corrected chi connectivity index (χ3v) is 4.16. The van der Waals surface area contributed by atoms with Gasteiger partial charge in [-0.3, -0.25) is 4.90 Å². The van der Waals surface area contributed by atoms with E-state index in [-0.39, 0.29) is 0 Å². The van der Waals surface area contributed by atoms with Crippen molar-refractivity contribution >= 4 is 22.5 Å². The maximum absolute atomic E-state index is 6.21. The van der Waals surface area contributed by atoms with E-state index in [0.717, 1.165) is 36.7 Å². The van der Waals surface area contributed by atoms with Crippen molar-refractivity contribution in [2.75, 3.05) is 26.2 Å². The van der Waals surface area contributed by atoms with Gasteiger partial charge in [0, 0.05) is 43.8 Å². The lowest BCUT2D eigenvalue weighted by Crippen LogP contribution is -2.44. The largest absolute Gasteiger partial charge is 0.360 e. The molecule has 3 nitrogen and oxygen atoms in total. The Labute approximate surface area is 112 Å². The first-order chi connectivity index (χ1) is 8.77. The van der Waals surface area contributed by atoms with Crippen LogP contribution in [-0.4, -0.2) is 36.1 Å². The molecular formula is C14H18ClN3. The predicted octanol–water partition coefficient (Wildman–Crippen LogP) is 2.79. The van der Waals surface area contributed by atoms with Crippen molar-refractivity contribution in [3.63, 3.8) is 0 Å². The van der Waals surface area contributed by atoms with E-state index in [4.69, 9.17) is 11.6 Å². The van der Waals surface area contributed by atoms with Crippen LogP contribution in [-0.2, 0) is 0 Å². The van der Waals surface area contributed by atoms with E-state index in [2.05, 4.69) is 34.4 Å². The molecule has 1 aromatic carbocycles. The molecule has 1 atom stereocenters. The number of H-pyrrole nitrogens is 1. The molecule has 0 bridgehead atoms. The van der Waals surface area contributed by atoms with Crippen LogP contribution in [0.4, 0.5) is 0 Å². The predicted molar refractivity (Wildman–Crippen MR) is 76.2 cm³/mol. The first-order valence-corrected chi connectivity index (χ1v) is 6.85. The van der Waals surface area contributed by atoms with Gasteiger partial charge in [-0.1, -0.05) is 23.7 Å². The third kappa shape index (κ3) is 2.03. The molecule has 1 aliphatic heterocycles. The maximum atomic E-state index is 6.21. The van der Waals surface area contributed by atoms with Crippen molar-refractivity contribution in [1.29, 1.82) is 0 Å². The zero-order chi connectivity index (χ0) is 12.5. The van der Waals surface area contributed by atoms with Crippen molar-refractivity contribution in [2.24, 2.45) is 0 Å². The van der Waals surface area contributed by atoms with Gasteiger partial charge in [-0.2, -0.15) is 0 Å². The lowest BCUT2D eigenvalue weighted by atomic mass is 10.1. The Kier molecular flexibility index (Phi) is 3.29. The highest BCUT2D eigenvalue weighted by Crippen LogP contribution is 2.31. The van der Waals surface area contributed by atoms with Crippen LogP contribution in [0, 0.1) is 0 Å². The summed E-state index contributed by atoms with van der Waals surface area (Å²) in [5.41, 5.74) is 2.39. The Morgan fingerprint density at radius 3 is 2.83 bits per heavy atom. The van der Waals surface area contributed by atoms with Crippen LogP contribution in [0.5, 0.6) is 0 Å². The van der Waals surface area contributed by atoms with E-state index in [1.807, 2.05) is 12.1 Å². The van der Waals surface area contributed by atoms with Crippen molar-refractivity contribution in [3.05, 3.63) is 35.0 Å². The zero-order valence-electron chi connectivity index (χ0n) is 10.5. The van der Waals surface area contributed by atoms with Gasteiger partial charge >= 0.3 is 0 Å². The molecule has 1 fully saturated rings. The highest BCUT2D eigenvalue weighted by atomic mass is 35.5. The topological polar surface area (TPSA) is 31.1 Å². The number of piperazine rings is 1. The molecular weight excluding hydrogens is 246 g/mol. The fourth-order valence-corrected chi connectivity index (χ4v) is 2.98. The number of benzene rings is 1. The Morgan fingerprint density at radius 1 is 1.28 bits per heavy atom. The Morgan fingerprint density at radius 2 is 2.06 bits per heavy atom. The summed E-state index contributed by atoms with van der Waals surface area (Å²) in [6.45, 7) is 6.64. The van der Waals surface area contributed by atoms with Gasteiger partial charge in [0.05, 0.1) is 10.5 Å². The summed E-state index contributed by atoms with van der Waals surface area (Å²) in [5, 5.41) is 5.43. The number of rotatable bonds is 2. The van der Waals surface area contributed by atoms with E-state index in [1.54, 1.807) is 0 Å². The maximum Gasteiger partial charge on any atom is 0.0647 e. The van der Waals surface area contributed by atoms with Crippen LogP contribution in [0.3, 0.4) is 0 Å². The fraction of sp³-hybridized carbons (Fsp3) is 0.429. The summed E-state index contributed by atoms with van der Waals surface area (Å²) in [4.78, 5) is 5.82. The van der Waals surface area contributed by atoms with Crippen molar-refractivity contribution < 1.29 is 0 Å². The monoisotopic (exact) mass is 263 g/mol. The van der Waals surface area contributed by atoms with Gasteiger partial charge < -0.3 is 10.3 Å². The van der Waals surface area contributed by atoms with Gasteiger partial charge in [0.25, 0.3) is 0 Å². The molecule has 18 heavy (non-hydrogen) atoms. The standard InChI is InChI=1S/C14H18ClN3/c1-10(18-7-5-16-6-8-18)12-9-17-14-11(12)3-2-4-13(14)15/h2-4,9-10,16-17H,5-8H2,1H3. The van der Waals surface area contributed by atoms with E-state index in [9.17, 15) is 0 Å². The van der Waals surface area contributed by atoms with Crippen LogP contribution in [0.25, 0.3) is 10.9 Å². The van der Waals surface area contributed by atoms with Crippen molar-refractivity contribution in [3.8, 4) is 0 Å². The number of hydrogen-bond acceptors (Lipinski definition) is 2. The number of nitrogens with one attached hydrogen (secondary N) is 2. The minimum atomic E-state index is 0.430. The van der Waals surface area contributed by atoms with Gasteiger partial charge in [0.1, 0.15) is 0 Å². The number of aromatic amines is 1. The second-order valence-electron chi connectivity index (χ2n) is 4.87. The molecule has 0 amide bonds. The van der Waals surface area contributed by atoms with Crippen molar-refractivity contribution in [2.45, 2.75) is 13.0 Å². The van der Waals surface area contributed by atoms with Gasteiger partial charge in [0.15, 0.2) is 0 Å². The average molecular weight is 264 g/mol. The SMILES string of the molecule is CC(c1c[nH]c2c(Cl)cccc12)N1CCNCC1. The van der Waals surface area contributed by atoms with E-state index in [0.29, 0.717) is 6.04 Å². The summed E-state index contributed by atoms with van der Waals surface area (Å²) in [5.74, 6) is 0. The molecule has 4 heteroatoms. The molecule has 2 heterocycles. The molecule has 96 valence electrons. The Balaban J connectivity index is 1.96. The van der Waals surface area contributed by atoms with Crippen LogP contribution in [0.2, 0.25) is 5.02 Å². The molecule has 1 saturated heterocycles. The highest BCUT2D eigenvalue weighted by Gasteiger charge is 2.20. The van der Waals surface area contributed by atoms with Gasteiger partial charge in [0.2, 0.25) is 0 Å². The smallest absolute Gasteiger partial charge is 0.0647 e. The summed E-state index contributed by atoms with van der Waals surface area (Å²) in [6, 6.07) is 6.53. The fourth-order valence-electron chi connectivity index (χ4n) is 2.75. The number of nitrogens with zero attached hydrogens (tertiary/aromatic N) is 1. The number of aromatic nitrogens is 1. The first-order valence-electron chi connectivity index (χ1n) is 6.47. The second kappa shape index (κ2) is 4.92. The molecule has 1 aromatic heterocycles. The van der Waals surface area contributed by atoms with E-state index in [1.165, 1.54) is 10.9 Å². The average Bonchev–Trinajstić information content (AvgIpc) is 2.84. The third-order valence-electron chi connectivity index (χ3n) is 3.85. The van der Waals surface area contributed by atoms with Gasteiger partial charge in [-0.25, -0.2) is 0 Å². The normalized spacial score (nSPS) is 19.2. The highest BCUT2D eigenvalue weighted by molar-refractivity contribution is 6.35. The van der Waals surface area contributed by atoms with Crippen molar-refractivity contribution in [1.82, 2.24) is 15.2 Å². The molecule has 2 aromatic rings. The minimum absolute atomic E-state index is 0.430. The first kappa shape index (κ1) is 12.0. The number of para-hydroxylation sites is 1. The summed E-state index contributed by atoms with van der Waals surface area (Å²) >= 11 is 6.21. The van der Waals surface area contributed by atoms with Crippen LogP contribution in [0.15, 0.2) is 24.4 Å². The lowest BCUT2D eigenvalue weighted by molar-refractivity contribution is 0.186. The second-order valence-corrected chi connectivity index (χ2v) is 5.28. The summed E-state index contributed by atoms with van der Waals surface area (Å²) in [7, 11) is 0. The molecule has 3 rings (SSSR count). The Hall–Kier alpha value is -1.03. The van der Waals surface area contributed by atoms with E-state index >= 15 is 0 Å². The van der Waals surface area contributed by atoms with Crippen LogP contribution < -0.4 is 5.32 Å².